The number of benzene rings is 1. The third-order valence-corrected chi connectivity index (χ3v) is 5.63. The zero-order valence-electron chi connectivity index (χ0n) is 13.2. The van der Waals surface area contributed by atoms with Crippen LogP contribution in [0.2, 0.25) is 5.02 Å². The number of aliphatic hydroxyl groups is 1. The van der Waals surface area contributed by atoms with Crippen LogP contribution in [0.15, 0.2) is 24.3 Å². The van der Waals surface area contributed by atoms with Gasteiger partial charge in [-0.25, -0.2) is 13.6 Å². The van der Waals surface area contributed by atoms with Gasteiger partial charge in [-0.2, -0.15) is 0 Å². The van der Waals surface area contributed by atoms with Gasteiger partial charge in [0.1, 0.15) is 0 Å². The zero-order chi connectivity index (χ0) is 16.9. The smallest absolute Gasteiger partial charge is 0.209 e. The van der Waals surface area contributed by atoms with E-state index in [1.165, 1.54) is 0 Å². The van der Waals surface area contributed by atoms with E-state index < -0.39 is 15.6 Å². The second-order valence-electron chi connectivity index (χ2n) is 6.30. The van der Waals surface area contributed by atoms with Crippen LogP contribution in [-0.2, 0) is 15.6 Å². The van der Waals surface area contributed by atoms with Crippen molar-refractivity contribution in [3.8, 4) is 0 Å². The lowest BCUT2D eigenvalue weighted by Gasteiger charge is -2.39. The molecule has 1 saturated heterocycles. The normalized spacial score (nSPS) is 21.8. The highest BCUT2D eigenvalue weighted by Gasteiger charge is 2.38. The number of halogens is 1. The number of piperidine rings is 1. The number of primary sulfonamides is 1. The summed E-state index contributed by atoms with van der Waals surface area (Å²) in [5.41, 5.74) is -0.203. The molecular weight excluding hydrogens is 336 g/mol. The van der Waals surface area contributed by atoms with Crippen molar-refractivity contribution in [2.75, 3.05) is 18.8 Å². The van der Waals surface area contributed by atoms with E-state index in [1.54, 1.807) is 12.1 Å². The summed E-state index contributed by atoms with van der Waals surface area (Å²) >= 11 is 6.09. The Kier molecular flexibility index (Phi) is 6.45. The average molecular weight is 361 g/mol. The Labute approximate surface area is 143 Å². The standard InChI is InChI=1S/C16H25ClN2O3S/c17-15-7-3-5-13(11-15)16(20,14-6-4-9-19-12-14)8-1-2-10-23(18,21)22/h3,5,7,11,14,19-20H,1-2,4,6,8-10,12H2,(H2,18,21,22)/t14-,16-/m1/s1. The van der Waals surface area contributed by atoms with Gasteiger partial charge >= 0.3 is 0 Å². The molecule has 4 N–H and O–H groups in total. The molecule has 1 fully saturated rings. The average Bonchev–Trinajstić information content (AvgIpc) is 2.51. The van der Waals surface area contributed by atoms with E-state index >= 15 is 0 Å². The van der Waals surface area contributed by atoms with Gasteiger partial charge in [-0.15, -0.1) is 0 Å². The van der Waals surface area contributed by atoms with Gasteiger partial charge in [-0.1, -0.05) is 23.7 Å². The van der Waals surface area contributed by atoms with Crippen molar-refractivity contribution in [2.24, 2.45) is 11.1 Å². The molecule has 0 aromatic heterocycles. The first-order valence-electron chi connectivity index (χ1n) is 8.01. The van der Waals surface area contributed by atoms with Crippen LogP contribution in [0.5, 0.6) is 0 Å². The van der Waals surface area contributed by atoms with Crippen molar-refractivity contribution in [3.63, 3.8) is 0 Å². The summed E-state index contributed by atoms with van der Waals surface area (Å²) < 4.78 is 22.1. The Morgan fingerprint density at radius 1 is 1.39 bits per heavy atom. The monoisotopic (exact) mass is 360 g/mol. The minimum Gasteiger partial charge on any atom is -0.385 e. The molecule has 1 aromatic rings. The summed E-state index contributed by atoms with van der Waals surface area (Å²) in [4.78, 5) is 0. The number of rotatable bonds is 7. The van der Waals surface area contributed by atoms with Gasteiger partial charge in [0.05, 0.1) is 11.4 Å². The molecule has 1 aliphatic heterocycles. The third-order valence-electron chi connectivity index (χ3n) is 4.53. The van der Waals surface area contributed by atoms with E-state index in [9.17, 15) is 13.5 Å². The van der Waals surface area contributed by atoms with Gasteiger partial charge in [-0.05, 0) is 56.3 Å². The van der Waals surface area contributed by atoms with Crippen molar-refractivity contribution in [3.05, 3.63) is 34.9 Å². The molecule has 1 heterocycles. The predicted octanol–water partition coefficient (Wildman–Crippen LogP) is 1.99. The zero-order valence-corrected chi connectivity index (χ0v) is 14.7. The molecule has 0 radical (unpaired) electrons. The Hall–Kier alpha value is -0.660. The number of hydrogen-bond acceptors (Lipinski definition) is 4. The molecule has 130 valence electrons. The first-order valence-corrected chi connectivity index (χ1v) is 10.1. The predicted molar refractivity (Wildman–Crippen MR) is 92.8 cm³/mol. The fourth-order valence-corrected chi connectivity index (χ4v) is 4.10. The maximum atomic E-state index is 11.4. The highest BCUT2D eigenvalue weighted by molar-refractivity contribution is 7.89. The van der Waals surface area contributed by atoms with Crippen LogP contribution in [0.1, 0.15) is 37.7 Å². The van der Waals surface area contributed by atoms with E-state index in [-0.39, 0.29) is 11.7 Å². The molecule has 0 amide bonds. The number of unbranched alkanes of at least 4 members (excludes halogenated alkanes) is 1. The van der Waals surface area contributed by atoms with E-state index in [2.05, 4.69) is 5.32 Å². The topological polar surface area (TPSA) is 92.4 Å². The SMILES string of the molecule is NS(=O)(=O)CCCC[C@@](O)(c1cccc(Cl)c1)[C@@H]1CCCNC1. The summed E-state index contributed by atoms with van der Waals surface area (Å²) in [6, 6.07) is 7.31. The highest BCUT2D eigenvalue weighted by atomic mass is 35.5. The minimum absolute atomic E-state index is 0.0540. The van der Waals surface area contributed by atoms with E-state index in [0.29, 0.717) is 24.3 Å². The van der Waals surface area contributed by atoms with Crippen LogP contribution in [-0.4, -0.2) is 32.4 Å². The summed E-state index contributed by atoms with van der Waals surface area (Å²) in [6.45, 7) is 1.71. The lowest BCUT2D eigenvalue weighted by atomic mass is 9.74. The minimum atomic E-state index is -3.45. The molecule has 5 nitrogen and oxygen atoms in total. The van der Waals surface area contributed by atoms with Crippen molar-refractivity contribution >= 4 is 21.6 Å². The van der Waals surface area contributed by atoms with Crippen molar-refractivity contribution in [1.29, 1.82) is 0 Å². The highest BCUT2D eigenvalue weighted by Crippen LogP contribution is 2.39. The van der Waals surface area contributed by atoms with Gasteiger partial charge in [0, 0.05) is 17.5 Å². The van der Waals surface area contributed by atoms with Gasteiger partial charge in [0.2, 0.25) is 10.0 Å². The first-order chi connectivity index (χ1) is 10.8. The molecule has 2 atom stereocenters. The molecule has 23 heavy (non-hydrogen) atoms. The van der Waals surface area contributed by atoms with Crippen molar-refractivity contribution in [2.45, 2.75) is 37.7 Å². The van der Waals surface area contributed by atoms with Crippen LogP contribution in [0.4, 0.5) is 0 Å². The molecular formula is C16H25ClN2O3S. The molecule has 0 bridgehead atoms. The quantitative estimate of drug-likeness (QED) is 0.648. The van der Waals surface area contributed by atoms with Gasteiger partial charge in [0.15, 0.2) is 0 Å². The number of nitrogens with two attached hydrogens (primary N) is 1. The maximum Gasteiger partial charge on any atom is 0.209 e. The third kappa shape index (κ3) is 5.43. The Balaban J connectivity index is 2.13. The Morgan fingerprint density at radius 3 is 2.78 bits per heavy atom. The van der Waals surface area contributed by atoms with Crippen LogP contribution in [0.25, 0.3) is 0 Å². The first kappa shape index (κ1) is 18.7. The summed E-state index contributed by atoms with van der Waals surface area (Å²) in [6.07, 6.45) is 3.49. The number of sulfonamides is 1. The Morgan fingerprint density at radius 2 is 2.17 bits per heavy atom. The molecule has 2 rings (SSSR count). The van der Waals surface area contributed by atoms with Gasteiger partial charge in [0.25, 0.3) is 0 Å². The molecule has 0 aliphatic carbocycles. The van der Waals surface area contributed by atoms with Crippen LogP contribution in [0.3, 0.4) is 0 Å². The van der Waals surface area contributed by atoms with E-state index in [0.717, 1.165) is 31.5 Å². The lowest BCUT2D eigenvalue weighted by Crippen LogP contribution is -2.44. The fraction of sp³-hybridized carbons (Fsp3) is 0.625. The molecule has 1 aromatic carbocycles. The largest absolute Gasteiger partial charge is 0.385 e. The van der Waals surface area contributed by atoms with Crippen LogP contribution in [0, 0.1) is 5.92 Å². The van der Waals surface area contributed by atoms with Gasteiger partial charge < -0.3 is 10.4 Å². The second-order valence-corrected chi connectivity index (χ2v) is 8.47. The van der Waals surface area contributed by atoms with E-state index in [1.807, 2.05) is 12.1 Å². The fourth-order valence-electron chi connectivity index (χ4n) is 3.30. The van der Waals surface area contributed by atoms with Gasteiger partial charge in [-0.3, -0.25) is 0 Å². The number of hydrogen-bond donors (Lipinski definition) is 3. The van der Waals surface area contributed by atoms with E-state index in [4.69, 9.17) is 16.7 Å². The molecule has 1 aliphatic rings. The Bertz CT molecular complexity index is 618. The molecule has 7 heteroatoms. The number of nitrogens with one attached hydrogen (secondary N) is 1. The summed E-state index contributed by atoms with van der Waals surface area (Å²) in [5, 5.41) is 20.3. The summed E-state index contributed by atoms with van der Waals surface area (Å²) in [5.74, 6) is 0.0332. The summed E-state index contributed by atoms with van der Waals surface area (Å²) in [7, 11) is -3.45. The maximum absolute atomic E-state index is 11.4. The van der Waals surface area contributed by atoms with Crippen molar-refractivity contribution in [1.82, 2.24) is 5.32 Å². The van der Waals surface area contributed by atoms with Crippen LogP contribution < -0.4 is 10.5 Å². The lowest BCUT2D eigenvalue weighted by molar-refractivity contribution is -0.0423. The molecule has 0 unspecified atom stereocenters. The molecule has 0 spiro atoms. The van der Waals surface area contributed by atoms with Crippen LogP contribution >= 0.6 is 11.6 Å². The second kappa shape index (κ2) is 7.94. The molecule has 0 saturated carbocycles. The van der Waals surface area contributed by atoms with Crippen molar-refractivity contribution < 1.29 is 13.5 Å².